The van der Waals surface area contributed by atoms with Crippen LogP contribution in [0.5, 0.6) is 11.5 Å². The minimum absolute atomic E-state index is 0.00581. The molecule has 43 heavy (non-hydrogen) atoms. The zero-order valence-corrected chi connectivity index (χ0v) is 23.9. The molecule has 1 saturated carbocycles. The molecule has 0 saturated heterocycles. The summed E-state index contributed by atoms with van der Waals surface area (Å²) in [6.45, 7) is -2.88. The van der Waals surface area contributed by atoms with Crippen LogP contribution in [-0.4, -0.2) is 64.1 Å². The van der Waals surface area contributed by atoms with Crippen molar-refractivity contribution in [1.82, 2.24) is 14.7 Å². The Labute approximate surface area is 244 Å². The average molecular weight is 636 g/mol. The molecule has 0 aliphatic heterocycles. The van der Waals surface area contributed by atoms with Crippen LogP contribution in [0.3, 0.4) is 0 Å². The minimum atomic E-state index is -4.76. The molecule has 1 aliphatic rings. The zero-order valence-electron chi connectivity index (χ0n) is 23.1. The number of para-hydroxylation sites is 1. The predicted octanol–water partition coefficient (Wildman–Crippen LogP) is 5.75. The van der Waals surface area contributed by atoms with E-state index in [1.165, 1.54) is 0 Å². The first-order chi connectivity index (χ1) is 20.2. The molecule has 0 bridgehead atoms. The van der Waals surface area contributed by atoms with E-state index < -0.39 is 52.0 Å². The number of hydrogen-bond donors (Lipinski definition) is 3. The molecule has 3 aromatic rings. The molecule has 1 heterocycles. The number of fused-ring (bicyclic) bond motifs is 1. The van der Waals surface area contributed by atoms with Crippen molar-refractivity contribution in [2.24, 2.45) is 11.8 Å². The van der Waals surface area contributed by atoms with Crippen molar-refractivity contribution in [3.63, 3.8) is 0 Å². The second-order valence-electron chi connectivity index (χ2n) is 10.2. The number of nitrogens with zero attached hydrogens (tertiary/aromatic N) is 2. The first kappa shape index (κ1) is 32.4. The summed E-state index contributed by atoms with van der Waals surface area (Å²) in [6.07, 6.45) is -6.53. The van der Waals surface area contributed by atoms with E-state index in [0.29, 0.717) is 31.2 Å². The van der Waals surface area contributed by atoms with E-state index in [2.05, 4.69) is 34.8 Å². The minimum Gasteiger partial charge on any atom is -0.484 e. The highest BCUT2D eigenvalue weighted by Crippen LogP contribution is 2.33. The number of ether oxygens (including phenoxy) is 2. The third kappa shape index (κ3) is 9.48. The van der Waals surface area contributed by atoms with Crippen LogP contribution >= 0.6 is 0 Å². The molecule has 2 aromatic carbocycles. The fraction of sp³-hybridized carbons (Fsp3) is 0.481. The Morgan fingerprint density at radius 2 is 1.49 bits per heavy atom. The van der Waals surface area contributed by atoms with Crippen LogP contribution in [0.4, 0.5) is 38.1 Å². The van der Waals surface area contributed by atoms with Crippen LogP contribution in [0, 0.1) is 11.8 Å². The highest BCUT2D eigenvalue weighted by atomic mass is 32.2. The number of rotatable bonds is 12. The van der Waals surface area contributed by atoms with Gasteiger partial charge in [0.15, 0.2) is 13.2 Å². The van der Waals surface area contributed by atoms with Gasteiger partial charge >= 0.3 is 12.4 Å². The second-order valence-corrected chi connectivity index (χ2v) is 11.9. The standard InChI is InChI=1S/C27H31F6N5O4S/c1-34-24-20-4-2-3-5-21(20)37-25(38-24)35-13-17-6-8-18(9-7-17)14-36-43(39,40)23-12-19(41-15-26(28,29)30)10-11-22(23)42-16-27(31,32)33/h2-5,10-12,17-18,36H,6-9,13-16H2,1H3,(H2,34,35,37,38)/t17-,18-. The Morgan fingerprint density at radius 3 is 2.14 bits per heavy atom. The predicted molar refractivity (Wildman–Crippen MR) is 148 cm³/mol. The molecule has 0 atom stereocenters. The van der Waals surface area contributed by atoms with Gasteiger partial charge in [-0.2, -0.15) is 31.3 Å². The lowest BCUT2D eigenvalue weighted by atomic mass is 9.82. The normalized spacial score (nSPS) is 17.9. The number of alkyl halides is 6. The van der Waals surface area contributed by atoms with Crippen molar-refractivity contribution in [3.05, 3.63) is 42.5 Å². The Balaban J connectivity index is 1.34. The van der Waals surface area contributed by atoms with Crippen molar-refractivity contribution >= 4 is 32.7 Å². The number of hydrogen-bond acceptors (Lipinski definition) is 8. The van der Waals surface area contributed by atoms with Crippen molar-refractivity contribution in [2.45, 2.75) is 42.9 Å². The lowest BCUT2D eigenvalue weighted by Gasteiger charge is -2.29. The van der Waals surface area contributed by atoms with Gasteiger partial charge in [0.25, 0.3) is 0 Å². The molecule has 1 fully saturated rings. The van der Waals surface area contributed by atoms with Gasteiger partial charge in [-0.1, -0.05) is 12.1 Å². The number of anilines is 2. The Bertz CT molecular complexity index is 1500. The topological polar surface area (TPSA) is 114 Å². The number of halogens is 6. The van der Waals surface area contributed by atoms with E-state index >= 15 is 0 Å². The van der Waals surface area contributed by atoms with E-state index in [9.17, 15) is 34.8 Å². The Hall–Kier alpha value is -3.53. The van der Waals surface area contributed by atoms with Crippen LogP contribution in [0.2, 0.25) is 0 Å². The quantitative estimate of drug-likeness (QED) is 0.216. The molecular weight excluding hydrogens is 604 g/mol. The Morgan fingerprint density at radius 1 is 0.860 bits per heavy atom. The SMILES string of the molecule is CNc1nc(NC[C@H]2CC[C@H](CNS(=O)(=O)c3cc(OCC(F)(F)F)ccc3OCC(F)(F)F)CC2)nc2ccccc12. The lowest BCUT2D eigenvalue weighted by molar-refractivity contribution is -0.154. The van der Waals surface area contributed by atoms with Crippen LogP contribution in [0.25, 0.3) is 10.9 Å². The molecule has 9 nitrogen and oxygen atoms in total. The van der Waals surface area contributed by atoms with Crippen LogP contribution < -0.4 is 24.8 Å². The molecule has 1 aliphatic carbocycles. The maximum absolute atomic E-state index is 13.1. The third-order valence-electron chi connectivity index (χ3n) is 6.92. The van der Waals surface area contributed by atoms with Gasteiger partial charge in [0.2, 0.25) is 16.0 Å². The third-order valence-corrected chi connectivity index (χ3v) is 8.36. The van der Waals surface area contributed by atoms with E-state index in [-0.39, 0.29) is 18.4 Å². The molecule has 0 amide bonds. The smallest absolute Gasteiger partial charge is 0.422 e. The zero-order chi connectivity index (χ0) is 31.3. The van der Waals surface area contributed by atoms with Gasteiger partial charge < -0.3 is 20.1 Å². The molecule has 4 rings (SSSR count). The van der Waals surface area contributed by atoms with E-state index in [1.807, 2.05) is 24.3 Å². The Kier molecular flexibility index (Phi) is 10.1. The molecule has 0 radical (unpaired) electrons. The van der Waals surface area contributed by atoms with Crippen molar-refractivity contribution in [2.75, 3.05) is 44.0 Å². The maximum atomic E-state index is 13.1. The molecule has 236 valence electrons. The monoisotopic (exact) mass is 635 g/mol. The van der Waals surface area contributed by atoms with Gasteiger partial charge in [0.05, 0.1) is 5.52 Å². The van der Waals surface area contributed by atoms with E-state index in [1.54, 1.807) is 7.05 Å². The van der Waals surface area contributed by atoms with Gasteiger partial charge in [-0.15, -0.1) is 0 Å². The van der Waals surface area contributed by atoms with Crippen LogP contribution in [0.1, 0.15) is 25.7 Å². The number of nitrogens with one attached hydrogen (secondary N) is 3. The molecule has 0 unspecified atom stereocenters. The highest BCUT2D eigenvalue weighted by Gasteiger charge is 2.32. The van der Waals surface area contributed by atoms with Gasteiger partial charge in [-0.05, 0) is 61.8 Å². The summed E-state index contributed by atoms with van der Waals surface area (Å²) in [5, 5.41) is 7.25. The summed E-state index contributed by atoms with van der Waals surface area (Å²) < 4.78 is 114. The summed E-state index contributed by atoms with van der Waals surface area (Å²) in [5.41, 5.74) is 0.796. The fourth-order valence-corrected chi connectivity index (χ4v) is 6.03. The van der Waals surface area contributed by atoms with Crippen molar-refractivity contribution in [3.8, 4) is 11.5 Å². The molecule has 3 N–H and O–H groups in total. The average Bonchev–Trinajstić information content (AvgIpc) is 2.96. The van der Waals surface area contributed by atoms with Crippen LogP contribution in [0.15, 0.2) is 47.4 Å². The molecule has 1 aromatic heterocycles. The first-order valence-corrected chi connectivity index (χ1v) is 14.9. The summed E-state index contributed by atoms with van der Waals surface area (Å²) in [7, 11) is -2.68. The highest BCUT2D eigenvalue weighted by molar-refractivity contribution is 7.89. The van der Waals surface area contributed by atoms with Crippen LogP contribution in [-0.2, 0) is 10.0 Å². The first-order valence-electron chi connectivity index (χ1n) is 13.4. The molecule has 0 spiro atoms. The molecular formula is C27H31F6N5O4S. The van der Waals surface area contributed by atoms with Gasteiger partial charge in [-0.3, -0.25) is 0 Å². The summed E-state index contributed by atoms with van der Waals surface area (Å²) in [4.78, 5) is 8.33. The number of sulfonamides is 1. The summed E-state index contributed by atoms with van der Waals surface area (Å²) in [5.74, 6) is 0.281. The van der Waals surface area contributed by atoms with Gasteiger partial charge in [-0.25, -0.2) is 18.1 Å². The van der Waals surface area contributed by atoms with Gasteiger partial charge in [0.1, 0.15) is 22.2 Å². The molecule has 16 heteroatoms. The lowest BCUT2D eigenvalue weighted by Crippen LogP contribution is -2.33. The van der Waals surface area contributed by atoms with Crippen molar-refractivity contribution in [1.29, 1.82) is 0 Å². The summed E-state index contributed by atoms with van der Waals surface area (Å²) >= 11 is 0. The summed E-state index contributed by atoms with van der Waals surface area (Å²) in [6, 6.07) is 10.1. The number of benzene rings is 2. The van der Waals surface area contributed by atoms with E-state index in [0.717, 1.165) is 41.9 Å². The van der Waals surface area contributed by atoms with E-state index in [4.69, 9.17) is 0 Å². The number of aromatic nitrogens is 2. The second kappa shape index (κ2) is 13.4. The fourth-order valence-electron chi connectivity index (χ4n) is 4.76. The van der Waals surface area contributed by atoms with Crippen molar-refractivity contribution < 1.29 is 44.2 Å². The largest absolute Gasteiger partial charge is 0.484 e. The van der Waals surface area contributed by atoms with Gasteiger partial charge in [0, 0.05) is 31.6 Å². The maximum Gasteiger partial charge on any atom is 0.422 e.